The summed E-state index contributed by atoms with van der Waals surface area (Å²) in [6.07, 6.45) is 2.05. The van der Waals surface area contributed by atoms with E-state index in [-0.39, 0.29) is 0 Å². The van der Waals surface area contributed by atoms with Gasteiger partial charge in [-0.15, -0.1) is 0 Å². The van der Waals surface area contributed by atoms with E-state index in [0.29, 0.717) is 0 Å². The van der Waals surface area contributed by atoms with Gasteiger partial charge in [0.05, 0.1) is 0 Å². The first-order valence-corrected chi connectivity index (χ1v) is 16.3. The molecule has 0 spiro atoms. The van der Waals surface area contributed by atoms with Crippen LogP contribution in [0.5, 0.6) is 0 Å². The Morgan fingerprint density at radius 3 is 1.43 bits per heavy atom. The van der Waals surface area contributed by atoms with Crippen molar-refractivity contribution >= 4 is 15.1 Å². The average Bonchev–Trinajstić information content (AvgIpc) is 3.31. The number of halogens is 1. The molecule has 0 nitrogen and oxygen atoms in total. The molecule has 2 heteroatoms. The molecule has 0 atom stereocenters. The van der Waals surface area contributed by atoms with Crippen molar-refractivity contribution in [1.29, 1.82) is 0 Å². The van der Waals surface area contributed by atoms with Crippen molar-refractivity contribution in [2.24, 2.45) is 0 Å². The third-order valence-corrected chi connectivity index (χ3v) is 14.4. The summed E-state index contributed by atoms with van der Waals surface area (Å²) in [6, 6.07) is 31.2. The molecule has 0 fully saturated rings. The SMILES string of the molecule is [Cl][ZrH]([c]1cccc2c1Cc1ccccc1-2)[c]1cccc2c1Cc1ccccc1-2. The molecule has 0 amide bonds. The molecule has 0 heterocycles. The Balaban J connectivity index is 1.48. The maximum absolute atomic E-state index is 7.39. The van der Waals surface area contributed by atoms with Crippen LogP contribution in [-0.4, -0.2) is 0 Å². The van der Waals surface area contributed by atoms with E-state index in [2.05, 4.69) is 84.9 Å². The molecule has 2 aliphatic rings. The predicted molar refractivity (Wildman–Crippen MR) is 116 cm³/mol. The fourth-order valence-electron chi connectivity index (χ4n) is 5.01. The molecular formula is C26H19ClZr. The Labute approximate surface area is 177 Å². The van der Waals surface area contributed by atoms with E-state index in [1.807, 2.05) is 0 Å². The van der Waals surface area contributed by atoms with Crippen molar-refractivity contribution in [2.75, 3.05) is 0 Å². The molecule has 28 heavy (non-hydrogen) atoms. The van der Waals surface area contributed by atoms with Crippen molar-refractivity contribution < 1.29 is 20.6 Å². The Hall–Kier alpha value is -1.95. The minimum atomic E-state index is -2.65. The van der Waals surface area contributed by atoms with E-state index in [4.69, 9.17) is 8.51 Å². The second kappa shape index (κ2) is 6.55. The van der Waals surface area contributed by atoms with Crippen molar-refractivity contribution in [1.82, 2.24) is 0 Å². The van der Waals surface area contributed by atoms with Crippen LogP contribution < -0.4 is 6.54 Å². The van der Waals surface area contributed by atoms with E-state index in [1.54, 1.807) is 0 Å². The molecule has 0 saturated heterocycles. The second-order valence-corrected chi connectivity index (χ2v) is 15.2. The minimum absolute atomic E-state index is 1.02. The molecule has 4 aromatic carbocycles. The summed E-state index contributed by atoms with van der Waals surface area (Å²) in [5.74, 6) is 0. The standard InChI is InChI=1S/2C13H9.ClH.Zr.H/c2*1-3-7-12-10(5-1)9-11-6-2-4-8-13(11)12;;;/h2*1-5,7-8H,9H2;1H;;/q;;;+1;/p-1. The molecule has 0 radical (unpaired) electrons. The molecule has 0 unspecified atom stereocenters. The first kappa shape index (κ1) is 17.0. The molecule has 0 aliphatic heterocycles. The molecule has 0 saturated carbocycles. The van der Waals surface area contributed by atoms with Crippen LogP contribution in [0.4, 0.5) is 0 Å². The van der Waals surface area contributed by atoms with Crippen molar-refractivity contribution in [2.45, 2.75) is 12.8 Å². The van der Waals surface area contributed by atoms with Crippen LogP contribution in [-0.2, 0) is 33.4 Å². The maximum atomic E-state index is 7.39. The van der Waals surface area contributed by atoms with Crippen molar-refractivity contribution in [3.8, 4) is 22.3 Å². The second-order valence-electron chi connectivity index (χ2n) is 7.78. The first-order valence-electron chi connectivity index (χ1n) is 9.85. The van der Waals surface area contributed by atoms with E-state index in [0.717, 1.165) is 12.8 Å². The van der Waals surface area contributed by atoms with E-state index < -0.39 is 20.6 Å². The van der Waals surface area contributed by atoms with Crippen LogP contribution in [0, 0.1) is 0 Å². The van der Waals surface area contributed by atoms with Crippen LogP contribution in [0.2, 0.25) is 0 Å². The van der Waals surface area contributed by atoms with Gasteiger partial charge in [0.2, 0.25) is 0 Å². The number of rotatable bonds is 2. The van der Waals surface area contributed by atoms with Gasteiger partial charge in [-0.3, -0.25) is 0 Å². The Kier molecular flexibility index (Phi) is 3.96. The predicted octanol–water partition coefficient (Wildman–Crippen LogP) is 5.28. The Bertz CT molecular complexity index is 1140. The first-order chi connectivity index (χ1) is 13.8. The number of fused-ring (bicyclic) bond motifs is 6. The average molecular weight is 458 g/mol. The molecule has 0 bridgehead atoms. The summed E-state index contributed by atoms with van der Waals surface area (Å²) in [5, 5.41) is 0. The van der Waals surface area contributed by atoms with Gasteiger partial charge in [-0.1, -0.05) is 0 Å². The van der Waals surface area contributed by atoms with Gasteiger partial charge in [0, 0.05) is 0 Å². The normalized spacial score (nSPS) is 13.2. The fraction of sp³-hybridized carbons (Fsp3) is 0.0769. The van der Waals surface area contributed by atoms with E-state index in [9.17, 15) is 0 Å². The van der Waals surface area contributed by atoms with Gasteiger partial charge in [0.25, 0.3) is 0 Å². The van der Waals surface area contributed by atoms with Gasteiger partial charge in [-0.2, -0.15) is 0 Å². The zero-order valence-electron chi connectivity index (χ0n) is 15.5. The summed E-state index contributed by atoms with van der Waals surface area (Å²) in [6.45, 7) is 0. The van der Waals surface area contributed by atoms with Gasteiger partial charge in [0.1, 0.15) is 0 Å². The van der Waals surface area contributed by atoms with Gasteiger partial charge < -0.3 is 0 Å². The third-order valence-electron chi connectivity index (χ3n) is 6.32. The van der Waals surface area contributed by atoms with Crippen molar-refractivity contribution in [3.05, 3.63) is 107 Å². The molecule has 6 rings (SSSR count). The molecule has 134 valence electrons. The molecule has 4 aromatic rings. The van der Waals surface area contributed by atoms with Gasteiger partial charge in [-0.05, 0) is 0 Å². The summed E-state index contributed by atoms with van der Waals surface area (Å²) < 4.78 is 2.92. The van der Waals surface area contributed by atoms with Gasteiger partial charge in [-0.25, -0.2) is 0 Å². The van der Waals surface area contributed by atoms with Crippen LogP contribution >= 0.6 is 8.51 Å². The molecular weight excluding hydrogens is 439 g/mol. The van der Waals surface area contributed by atoms with Crippen LogP contribution in [0.1, 0.15) is 22.3 Å². The monoisotopic (exact) mass is 456 g/mol. The van der Waals surface area contributed by atoms with Crippen LogP contribution in [0.15, 0.2) is 84.9 Å². The molecule has 2 aliphatic carbocycles. The van der Waals surface area contributed by atoms with Crippen LogP contribution in [0.3, 0.4) is 0 Å². The summed E-state index contributed by atoms with van der Waals surface area (Å²) in [7, 11) is 7.39. The zero-order valence-corrected chi connectivity index (χ0v) is 19.0. The number of benzene rings is 4. The Morgan fingerprint density at radius 2 is 0.929 bits per heavy atom. The topological polar surface area (TPSA) is 0 Å². The van der Waals surface area contributed by atoms with Gasteiger partial charge >= 0.3 is 178 Å². The zero-order chi connectivity index (χ0) is 18.7. The quantitative estimate of drug-likeness (QED) is 0.331. The number of hydrogen-bond donors (Lipinski definition) is 0. The molecule has 0 aromatic heterocycles. The fourth-order valence-corrected chi connectivity index (χ4v) is 12.4. The Morgan fingerprint density at radius 1 is 0.500 bits per heavy atom. The molecule has 0 N–H and O–H groups in total. The van der Waals surface area contributed by atoms with Crippen molar-refractivity contribution in [3.63, 3.8) is 0 Å². The number of hydrogen-bond acceptors (Lipinski definition) is 0. The van der Waals surface area contributed by atoms with Crippen LogP contribution in [0.25, 0.3) is 22.3 Å². The third kappa shape index (κ3) is 2.46. The summed E-state index contributed by atoms with van der Waals surface area (Å²) in [5.41, 5.74) is 11.4. The van der Waals surface area contributed by atoms with E-state index in [1.165, 1.54) is 51.1 Å². The van der Waals surface area contributed by atoms with Gasteiger partial charge in [0.15, 0.2) is 0 Å². The summed E-state index contributed by atoms with van der Waals surface area (Å²) in [4.78, 5) is 0. The summed E-state index contributed by atoms with van der Waals surface area (Å²) >= 11 is -2.65. The van der Waals surface area contributed by atoms with E-state index >= 15 is 0 Å².